The number of aromatic nitrogens is 1. The highest BCUT2D eigenvalue weighted by Crippen LogP contribution is 2.31. The number of hydrogen-bond acceptors (Lipinski definition) is 5. The Labute approximate surface area is 120 Å². The minimum absolute atomic E-state index is 0.188. The van der Waals surface area contributed by atoms with E-state index in [1.54, 1.807) is 7.11 Å². The fourth-order valence-corrected chi connectivity index (χ4v) is 2.79. The molecule has 20 heavy (non-hydrogen) atoms. The molecule has 0 saturated carbocycles. The van der Waals surface area contributed by atoms with E-state index in [4.69, 9.17) is 9.47 Å². The number of hydrogen-bond donors (Lipinski definition) is 1. The number of aromatic carboxylic acids is 1. The summed E-state index contributed by atoms with van der Waals surface area (Å²) in [7, 11) is 3.13. The monoisotopic (exact) mass is 293 g/mol. The van der Waals surface area contributed by atoms with Crippen molar-refractivity contribution >= 4 is 17.3 Å². The van der Waals surface area contributed by atoms with E-state index in [2.05, 4.69) is 4.98 Å². The van der Waals surface area contributed by atoms with E-state index in [0.717, 1.165) is 28.2 Å². The second-order valence-corrected chi connectivity index (χ2v) is 5.22. The van der Waals surface area contributed by atoms with Crippen molar-refractivity contribution in [3.05, 3.63) is 34.3 Å². The molecule has 1 N–H and O–H groups in total. The lowest BCUT2D eigenvalue weighted by atomic mass is 10.1. The molecule has 2 aromatic rings. The summed E-state index contributed by atoms with van der Waals surface area (Å²) < 4.78 is 10.2. The molecule has 0 bridgehead atoms. The van der Waals surface area contributed by atoms with Crippen molar-refractivity contribution < 1.29 is 19.4 Å². The zero-order chi connectivity index (χ0) is 14.7. The first kappa shape index (κ1) is 14.5. The molecule has 5 nitrogen and oxygen atoms in total. The average Bonchev–Trinajstić information content (AvgIpc) is 2.83. The van der Waals surface area contributed by atoms with E-state index in [-0.39, 0.29) is 11.5 Å². The van der Waals surface area contributed by atoms with Crippen LogP contribution in [0.3, 0.4) is 0 Å². The van der Waals surface area contributed by atoms with E-state index in [1.807, 2.05) is 25.1 Å². The maximum Gasteiger partial charge on any atom is 0.347 e. The summed E-state index contributed by atoms with van der Waals surface area (Å²) in [5, 5.41) is 9.85. The summed E-state index contributed by atoms with van der Waals surface area (Å²) >= 11 is 1.15. The van der Waals surface area contributed by atoms with Crippen LogP contribution < -0.4 is 4.74 Å². The summed E-state index contributed by atoms with van der Waals surface area (Å²) in [6.45, 7) is 2.12. The van der Waals surface area contributed by atoms with Crippen LogP contribution in [0.1, 0.15) is 20.9 Å². The molecule has 1 heterocycles. The van der Waals surface area contributed by atoms with Gasteiger partial charge in [0.05, 0.1) is 19.4 Å². The van der Waals surface area contributed by atoms with E-state index < -0.39 is 5.97 Å². The molecule has 0 amide bonds. The summed E-state index contributed by atoms with van der Waals surface area (Å²) in [5.41, 5.74) is 2.30. The fraction of sp³-hybridized carbons (Fsp3) is 0.286. The lowest BCUT2D eigenvalue weighted by Gasteiger charge is -2.05. The van der Waals surface area contributed by atoms with E-state index >= 15 is 0 Å². The predicted octanol–water partition coefficient (Wildman–Crippen LogP) is 2.97. The van der Waals surface area contributed by atoms with Crippen LogP contribution in [0.2, 0.25) is 0 Å². The summed E-state index contributed by atoms with van der Waals surface area (Å²) in [6, 6.07) is 5.65. The zero-order valence-electron chi connectivity index (χ0n) is 11.5. The van der Waals surface area contributed by atoms with Crippen LogP contribution in [0, 0.1) is 6.92 Å². The van der Waals surface area contributed by atoms with Gasteiger partial charge in [-0.05, 0) is 30.7 Å². The Kier molecular flexibility index (Phi) is 4.36. The van der Waals surface area contributed by atoms with Gasteiger partial charge in [0.15, 0.2) is 0 Å². The third-order valence-electron chi connectivity index (χ3n) is 2.81. The number of rotatable bonds is 5. The minimum atomic E-state index is -0.981. The molecule has 0 spiro atoms. The molecule has 2 rings (SSSR count). The molecule has 0 aliphatic heterocycles. The third-order valence-corrected chi connectivity index (χ3v) is 3.95. The first-order chi connectivity index (χ1) is 9.56. The lowest BCUT2D eigenvalue weighted by Crippen LogP contribution is -1.99. The Morgan fingerprint density at radius 3 is 2.70 bits per heavy atom. The molecule has 1 aromatic heterocycles. The van der Waals surface area contributed by atoms with Gasteiger partial charge < -0.3 is 14.6 Å². The lowest BCUT2D eigenvalue weighted by molar-refractivity contribution is 0.0697. The maximum atomic E-state index is 11.2. The molecule has 0 atom stereocenters. The summed E-state index contributed by atoms with van der Waals surface area (Å²) in [4.78, 5) is 15.8. The van der Waals surface area contributed by atoms with Crippen LogP contribution >= 0.6 is 11.3 Å². The van der Waals surface area contributed by atoms with Gasteiger partial charge in [0, 0.05) is 12.7 Å². The normalized spacial score (nSPS) is 10.6. The molecule has 106 valence electrons. The predicted molar refractivity (Wildman–Crippen MR) is 76.5 cm³/mol. The van der Waals surface area contributed by atoms with Crippen LogP contribution in [0.25, 0.3) is 10.6 Å². The molecule has 0 unspecified atom stereocenters. The van der Waals surface area contributed by atoms with Gasteiger partial charge in [-0.15, -0.1) is 11.3 Å². The first-order valence-corrected chi connectivity index (χ1v) is 6.75. The molecule has 0 aliphatic carbocycles. The van der Waals surface area contributed by atoms with Gasteiger partial charge in [0.25, 0.3) is 0 Å². The molecule has 0 fully saturated rings. The highest BCUT2D eigenvalue weighted by Gasteiger charge is 2.18. The second-order valence-electron chi connectivity index (χ2n) is 4.22. The van der Waals surface area contributed by atoms with Crippen LogP contribution in [-0.2, 0) is 11.3 Å². The Balaban J connectivity index is 2.44. The van der Waals surface area contributed by atoms with Gasteiger partial charge in [-0.2, -0.15) is 0 Å². The van der Waals surface area contributed by atoms with Crippen molar-refractivity contribution in [3.63, 3.8) is 0 Å². The Morgan fingerprint density at radius 1 is 1.40 bits per heavy atom. The molecule has 1 aromatic carbocycles. The quantitative estimate of drug-likeness (QED) is 0.917. The van der Waals surface area contributed by atoms with Gasteiger partial charge in [-0.3, -0.25) is 0 Å². The van der Waals surface area contributed by atoms with Crippen LogP contribution in [0.15, 0.2) is 18.2 Å². The van der Waals surface area contributed by atoms with Gasteiger partial charge in [0.2, 0.25) is 0 Å². The van der Waals surface area contributed by atoms with Crippen LogP contribution in [0.4, 0.5) is 0 Å². The topological polar surface area (TPSA) is 68.7 Å². The van der Waals surface area contributed by atoms with Gasteiger partial charge in [0.1, 0.15) is 15.6 Å². The van der Waals surface area contributed by atoms with E-state index in [9.17, 15) is 9.90 Å². The van der Waals surface area contributed by atoms with Crippen molar-refractivity contribution in [2.45, 2.75) is 13.5 Å². The van der Waals surface area contributed by atoms with Gasteiger partial charge >= 0.3 is 5.97 Å². The Bertz CT molecular complexity index is 636. The minimum Gasteiger partial charge on any atom is -0.496 e. The molecule has 0 radical (unpaired) electrons. The fourth-order valence-electron chi connectivity index (χ4n) is 1.89. The van der Waals surface area contributed by atoms with E-state index in [1.165, 1.54) is 7.11 Å². The number of carboxylic acids is 1. The number of carbonyl (C=O) groups is 1. The van der Waals surface area contributed by atoms with Crippen molar-refractivity contribution in [1.82, 2.24) is 4.98 Å². The number of ether oxygens (including phenoxy) is 2. The largest absolute Gasteiger partial charge is 0.496 e. The Hall–Kier alpha value is -1.92. The standard InChI is InChI=1S/C14H15NO4S/c1-8-6-9(4-5-11(8)19-3)13-15-10(7-18-2)12(20-13)14(16)17/h4-6H,7H2,1-3H3,(H,16,17). The molecular weight excluding hydrogens is 278 g/mol. The highest BCUT2D eigenvalue weighted by molar-refractivity contribution is 7.17. The van der Waals surface area contributed by atoms with Gasteiger partial charge in [-0.1, -0.05) is 0 Å². The van der Waals surface area contributed by atoms with Crippen LogP contribution in [-0.4, -0.2) is 30.3 Å². The number of thiazole rings is 1. The second kappa shape index (κ2) is 6.02. The summed E-state index contributed by atoms with van der Waals surface area (Å²) in [6.07, 6.45) is 0. The van der Waals surface area contributed by atoms with Crippen molar-refractivity contribution in [1.29, 1.82) is 0 Å². The smallest absolute Gasteiger partial charge is 0.347 e. The maximum absolute atomic E-state index is 11.2. The van der Waals surface area contributed by atoms with Crippen molar-refractivity contribution in [2.75, 3.05) is 14.2 Å². The highest BCUT2D eigenvalue weighted by atomic mass is 32.1. The molecule has 6 heteroatoms. The van der Waals surface area contributed by atoms with Crippen molar-refractivity contribution in [3.8, 4) is 16.3 Å². The number of methoxy groups -OCH3 is 2. The number of benzene rings is 1. The summed E-state index contributed by atoms with van der Waals surface area (Å²) in [5.74, 6) is -0.188. The average molecular weight is 293 g/mol. The molecule has 0 saturated heterocycles. The first-order valence-electron chi connectivity index (χ1n) is 5.93. The van der Waals surface area contributed by atoms with Crippen LogP contribution in [0.5, 0.6) is 5.75 Å². The van der Waals surface area contributed by atoms with E-state index in [0.29, 0.717) is 10.7 Å². The SMILES string of the molecule is COCc1nc(-c2ccc(OC)c(C)c2)sc1C(=O)O. The number of carboxylic acid groups (broad SMARTS) is 1. The number of aryl methyl sites for hydroxylation is 1. The molecular formula is C14H15NO4S. The zero-order valence-corrected chi connectivity index (χ0v) is 12.3. The third kappa shape index (κ3) is 2.81. The Morgan fingerprint density at radius 2 is 2.15 bits per heavy atom. The van der Waals surface area contributed by atoms with Gasteiger partial charge in [-0.25, -0.2) is 9.78 Å². The van der Waals surface area contributed by atoms with Crippen molar-refractivity contribution in [2.24, 2.45) is 0 Å². The number of nitrogens with zero attached hydrogens (tertiary/aromatic N) is 1. The molecule has 0 aliphatic rings.